The molecule has 5 nitrogen and oxygen atoms in total. The monoisotopic (exact) mass is 355 g/mol. The Morgan fingerprint density at radius 1 is 1.08 bits per heavy atom. The van der Waals surface area contributed by atoms with Gasteiger partial charge in [-0.25, -0.2) is 0 Å². The summed E-state index contributed by atoms with van der Waals surface area (Å²) in [5.74, 6) is 0.0323. The average Bonchev–Trinajstić information content (AvgIpc) is 2.63. The van der Waals surface area contributed by atoms with E-state index in [4.69, 9.17) is 10.5 Å². The number of rotatable bonds is 5. The van der Waals surface area contributed by atoms with Crippen molar-refractivity contribution in [2.24, 2.45) is 5.73 Å². The molecule has 1 fully saturated rings. The zero-order valence-electron chi connectivity index (χ0n) is 14.7. The van der Waals surface area contributed by atoms with Crippen LogP contribution in [0.2, 0.25) is 0 Å². The van der Waals surface area contributed by atoms with E-state index in [0.29, 0.717) is 6.42 Å². The number of phenols is 2. The van der Waals surface area contributed by atoms with Crippen LogP contribution in [0.5, 0.6) is 11.5 Å². The van der Waals surface area contributed by atoms with Crippen molar-refractivity contribution in [1.29, 1.82) is 0 Å². The molecule has 0 heterocycles. The van der Waals surface area contributed by atoms with E-state index < -0.39 is 6.04 Å². The number of aromatic hydroxyl groups is 2. The Hall–Kier alpha value is -2.53. The molecule has 0 spiro atoms. The van der Waals surface area contributed by atoms with Gasteiger partial charge < -0.3 is 20.7 Å². The lowest BCUT2D eigenvalue weighted by Crippen LogP contribution is -2.37. The molecular weight excluding hydrogens is 330 g/mol. The summed E-state index contributed by atoms with van der Waals surface area (Å²) >= 11 is 0. The van der Waals surface area contributed by atoms with Crippen molar-refractivity contribution in [3.05, 3.63) is 59.7 Å². The van der Waals surface area contributed by atoms with Crippen LogP contribution in [0.1, 0.15) is 42.7 Å². The van der Waals surface area contributed by atoms with E-state index in [1.807, 2.05) is 30.3 Å². The molecule has 138 valence electrons. The molecule has 2 aromatic rings. The maximum Gasteiger partial charge on any atom is 0.323 e. The molecule has 3 rings (SSSR count). The fourth-order valence-corrected chi connectivity index (χ4v) is 3.57. The number of phenolic OH excluding ortho intramolecular Hbond substituents is 2. The van der Waals surface area contributed by atoms with Gasteiger partial charge in [-0.3, -0.25) is 4.79 Å². The fraction of sp³-hybridized carbons (Fsp3) is 0.381. The minimum absolute atomic E-state index is 0.0567. The standard InChI is InChI=1S/C21H25NO4/c22-19(12-14-4-2-1-3-5-14)21(25)26-17-9-6-15(7-10-17)18-11-8-16(23)13-20(18)24/h1-5,8,11,13,15,17,19,23-24H,6-7,9-10,12,22H2/t15-,17-,19-/m1/s1. The lowest BCUT2D eigenvalue weighted by molar-refractivity contribution is -0.152. The van der Waals surface area contributed by atoms with Crippen LogP contribution in [-0.4, -0.2) is 28.3 Å². The van der Waals surface area contributed by atoms with Gasteiger partial charge in [0, 0.05) is 6.07 Å². The van der Waals surface area contributed by atoms with Gasteiger partial charge in [-0.15, -0.1) is 0 Å². The maximum atomic E-state index is 12.2. The third-order valence-electron chi connectivity index (χ3n) is 5.01. The van der Waals surface area contributed by atoms with Gasteiger partial charge in [0.1, 0.15) is 23.6 Å². The first-order valence-corrected chi connectivity index (χ1v) is 9.05. The predicted octanol–water partition coefficient (Wildman–Crippen LogP) is 3.24. The summed E-state index contributed by atoms with van der Waals surface area (Å²) in [7, 11) is 0. The van der Waals surface area contributed by atoms with Crippen molar-refractivity contribution in [3.63, 3.8) is 0 Å². The summed E-state index contributed by atoms with van der Waals surface area (Å²) in [4.78, 5) is 12.2. The Morgan fingerprint density at radius 2 is 1.77 bits per heavy atom. The van der Waals surface area contributed by atoms with Gasteiger partial charge in [0.2, 0.25) is 0 Å². The molecule has 0 aliphatic heterocycles. The molecule has 1 aliphatic carbocycles. The molecule has 2 aromatic carbocycles. The van der Waals surface area contributed by atoms with E-state index in [1.54, 1.807) is 12.1 Å². The second-order valence-corrected chi connectivity index (χ2v) is 6.95. The van der Waals surface area contributed by atoms with Gasteiger partial charge >= 0.3 is 5.97 Å². The van der Waals surface area contributed by atoms with Gasteiger partial charge in [0.05, 0.1) is 0 Å². The van der Waals surface area contributed by atoms with E-state index >= 15 is 0 Å². The van der Waals surface area contributed by atoms with Crippen molar-refractivity contribution < 1.29 is 19.7 Å². The highest BCUT2D eigenvalue weighted by molar-refractivity contribution is 5.76. The van der Waals surface area contributed by atoms with Crippen LogP contribution in [0.15, 0.2) is 48.5 Å². The zero-order valence-corrected chi connectivity index (χ0v) is 14.7. The zero-order chi connectivity index (χ0) is 18.5. The number of carbonyl (C=O) groups is 1. The Bertz CT molecular complexity index is 739. The van der Waals surface area contributed by atoms with E-state index in [-0.39, 0.29) is 29.5 Å². The number of nitrogens with two attached hydrogens (primary N) is 1. The highest BCUT2D eigenvalue weighted by atomic mass is 16.5. The normalized spacial score (nSPS) is 21.1. The summed E-state index contributed by atoms with van der Waals surface area (Å²) in [5, 5.41) is 19.4. The van der Waals surface area contributed by atoms with E-state index in [0.717, 1.165) is 36.8 Å². The third kappa shape index (κ3) is 4.55. The number of benzene rings is 2. The fourth-order valence-electron chi connectivity index (χ4n) is 3.57. The van der Waals surface area contributed by atoms with Crippen LogP contribution >= 0.6 is 0 Å². The Kier molecular flexibility index (Phi) is 5.78. The summed E-state index contributed by atoms with van der Waals surface area (Å²) in [6.07, 6.45) is 3.48. The van der Waals surface area contributed by atoms with Gasteiger partial charge in [-0.1, -0.05) is 36.4 Å². The minimum Gasteiger partial charge on any atom is -0.508 e. The molecule has 1 aliphatic rings. The third-order valence-corrected chi connectivity index (χ3v) is 5.01. The molecule has 0 unspecified atom stereocenters. The molecule has 0 bridgehead atoms. The lowest BCUT2D eigenvalue weighted by Gasteiger charge is -2.29. The number of hydrogen-bond donors (Lipinski definition) is 3. The smallest absolute Gasteiger partial charge is 0.323 e. The maximum absolute atomic E-state index is 12.2. The molecule has 26 heavy (non-hydrogen) atoms. The van der Waals surface area contributed by atoms with Crippen LogP contribution in [0.4, 0.5) is 0 Å². The largest absolute Gasteiger partial charge is 0.508 e. The average molecular weight is 355 g/mol. The molecule has 0 aromatic heterocycles. The van der Waals surface area contributed by atoms with Crippen molar-refractivity contribution in [2.75, 3.05) is 0 Å². The highest BCUT2D eigenvalue weighted by Crippen LogP contribution is 2.39. The summed E-state index contributed by atoms with van der Waals surface area (Å²) in [6.45, 7) is 0. The van der Waals surface area contributed by atoms with Gasteiger partial charge in [0.25, 0.3) is 0 Å². The Balaban J connectivity index is 1.49. The summed E-state index contributed by atoms with van der Waals surface area (Å²) in [5.41, 5.74) is 7.85. The molecule has 0 saturated heterocycles. The first-order valence-electron chi connectivity index (χ1n) is 9.05. The van der Waals surface area contributed by atoms with E-state index in [1.165, 1.54) is 6.07 Å². The predicted molar refractivity (Wildman–Crippen MR) is 99.0 cm³/mol. The highest BCUT2D eigenvalue weighted by Gasteiger charge is 2.28. The van der Waals surface area contributed by atoms with Crippen molar-refractivity contribution >= 4 is 5.97 Å². The van der Waals surface area contributed by atoms with Gasteiger partial charge in [0.15, 0.2) is 0 Å². The van der Waals surface area contributed by atoms with Crippen LogP contribution in [0, 0.1) is 0 Å². The second kappa shape index (κ2) is 8.23. The van der Waals surface area contributed by atoms with Gasteiger partial charge in [-0.05, 0) is 55.2 Å². The van der Waals surface area contributed by atoms with Crippen molar-refractivity contribution in [2.45, 2.75) is 50.2 Å². The minimum atomic E-state index is -0.656. The topological polar surface area (TPSA) is 92.8 Å². The molecule has 1 atom stereocenters. The van der Waals surface area contributed by atoms with E-state index in [9.17, 15) is 15.0 Å². The second-order valence-electron chi connectivity index (χ2n) is 6.95. The lowest BCUT2D eigenvalue weighted by atomic mass is 9.82. The first kappa shape index (κ1) is 18.3. The van der Waals surface area contributed by atoms with Crippen molar-refractivity contribution in [1.82, 2.24) is 0 Å². The SMILES string of the molecule is N[C@H](Cc1ccccc1)C(=O)O[C@H]1CC[C@H](c2ccc(O)cc2O)CC1. The van der Waals surface area contributed by atoms with Crippen molar-refractivity contribution in [3.8, 4) is 11.5 Å². The van der Waals surface area contributed by atoms with Crippen LogP contribution in [0.25, 0.3) is 0 Å². The van der Waals surface area contributed by atoms with E-state index in [2.05, 4.69) is 0 Å². The first-order chi connectivity index (χ1) is 12.5. The van der Waals surface area contributed by atoms with Crippen LogP contribution < -0.4 is 5.73 Å². The summed E-state index contributed by atoms with van der Waals surface area (Å²) in [6, 6.07) is 13.7. The molecular formula is C21H25NO4. The Morgan fingerprint density at radius 3 is 2.42 bits per heavy atom. The van der Waals surface area contributed by atoms with Crippen LogP contribution in [0.3, 0.4) is 0 Å². The number of esters is 1. The molecule has 0 radical (unpaired) electrons. The van der Waals surface area contributed by atoms with Gasteiger partial charge in [-0.2, -0.15) is 0 Å². The molecule has 4 N–H and O–H groups in total. The molecule has 0 amide bonds. The quantitative estimate of drug-likeness (QED) is 0.716. The van der Waals surface area contributed by atoms with Crippen LogP contribution in [-0.2, 0) is 16.0 Å². The Labute approximate surface area is 153 Å². The molecule has 5 heteroatoms. The summed E-state index contributed by atoms with van der Waals surface area (Å²) < 4.78 is 5.59. The molecule has 1 saturated carbocycles. The number of hydrogen-bond acceptors (Lipinski definition) is 5. The number of carbonyl (C=O) groups excluding carboxylic acids is 1. The number of ether oxygens (including phenoxy) is 1.